The number of hydrogen-bond donors (Lipinski definition) is 3. The van der Waals surface area contributed by atoms with Gasteiger partial charge in [0.25, 0.3) is 0 Å². The standard InChI is InChI=1S/C41H39ClN6O/c1-2-3-23-39-43-37(28-49)38(48(39)42)27-29-24-25-33(35(26-29)40-44-46-47-45-40)34-21-13-14-22-36(34)41(30-15-7-4-8-16-30,31-17-9-5-10-18-31)32-19-11-6-12-20-32/h4-22,24-26,39,43,49H,2-3,23,27-28H2,1H3,(H,44,45,46,47). The van der Waals surface area contributed by atoms with Crippen molar-refractivity contribution in [2.24, 2.45) is 0 Å². The molecule has 246 valence electrons. The predicted octanol–water partition coefficient (Wildman–Crippen LogP) is 8.24. The average molecular weight is 667 g/mol. The van der Waals surface area contributed by atoms with E-state index in [-0.39, 0.29) is 12.8 Å². The molecule has 0 saturated heterocycles. The molecule has 0 radical (unpaired) electrons. The number of aromatic nitrogens is 4. The summed E-state index contributed by atoms with van der Waals surface area (Å²) in [5, 5.41) is 29.2. The molecule has 8 heteroatoms. The van der Waals surface area contributed by atoms with Gasteiger partial charge in [0.1, 0.15) is 6.17 Å². The highest BCUT2D eigenvalue weighted by Crippen LogP contribution is 2.49. The summed E-state index contributed by atoms with van der Waals surface area (Å²) in [4.78, 5) is 0. The number of tetrazole rings is 1. The molecule has 0 aliphatic carbocycles. The van der Waals surface area contributed by atoms with Gasteiger partial charge >= 0.3 is 0 Å². The Hall–Kier alpha value is -5.24. The Morgan fingerprint density at radius 1 is 0.755 bits per heavy atom. The first-order valence-electron chi connectivity index (χ1n) is 16.8. The van der Waals surface area contributed by atoms with Crippen molar-refractivity contribution in [1.29, 1.82) is 0 Å². The van der Waals surface area contributed by atoms with Crippen LogP contribution in [0.2, 0.25) is 0 Å². The lowest BCUT2D eigenvalue weighted by atomic mass is 9.63. The van der Waals surface area contributed by atoms with Crippen molar-refractivity contribution >= 4 is 11.8 Å². The van der Waals surface area contributed by atoms with Gasteiger partial charge in [-0.2, -0.15) is 5.21 Å². The quantitative estimate of drug-likeness (QED) is 0.0901. The maximum atomic E-state index is 10.2. The normalized spacial score (nSPS) is 14.7. The first-order chi connectivity index (χ1) is 24.1. The van der Waals surface area contributed by atoms with E-state index >= 15 is 0 Å². The molecule has 1 unspecified atom stereocenters. The fourth-order valence-corrected chi connectivity index (χ4v) is 7.53. The van der Waals surface area contributed by atoms with E-state index in [1.165, 1.54) is 0 Å². The van der Waals surface area contributed by atoms with E-state index in [4.69, 9.17) is 11.8 Å². The van der Waals surface area contributed by atoms with Crippen LogP contribution in [0.1, 0.15) is 54.0 Å². The van der Waals surface area contributed by atoms with Gasteiger partial charge in [0.2, 0.25) is 5.82 Å². The van der Waals surface area contributed by atoms with E-state index in [2.05, 4.69) is 166 Å². The van der Waals surface area contributed by atoms with Gasteiger partial charge in [-0.15, -0.1) is 10.2 Å². The summed E-state index contributed by atoms with van der Waals surface area (Å²) in [6.07, 6.45) is 3.49. The molecule has 0 amide bonds. The molecule has 0 bridgehead atoms. The highest BCUT2D eigenvalue weighted by molar-refractivity contribution is 6.15. The molecule has 0 fully saturated rings. The molecule has 49 heavy (non-hydrogen) atoms. The summed E-state index contributed by atoms with van der Waals surface area (Å²) < 4.78 is 1.76. The van der Waals surface area contributed by atoms with Gasteiger partial charge in [-0.05, 0) is 63.1 Å². The largest absolute Gasteiger partial charge is 0.390 e. The summed E-state index contributed by atoms with van der Waals surface area (Å²) in [5.41, 5.74) is 9.51. The Bertz CT molecular complexity index is 1920. The van der Waals surface area contributed by atoms with E-state index < -0.39 is 5.41 Å². The van der Waals surface area contributed by atoms with Gasteiger partial charge in [-0.25, -0.2) is 0 Å². The minimum atomic E-state index is -0.642. The summed E-state index contributed by atoms with van der Waals surface area (Å²) in [6.45, 7) is 2.06. The maximum absolute atomic E-state index is 10.2. The van der Waals surface area contributed by atoms with Crippen molar-refractivity contribution < 1.29 is 5.11 Å². The van der Waals surface area contributed by atoms with E-state index in [1.54, 1.807) is 4.42 Å². The number of nitrogens with zero attached hydrogens (tertiary/aromatic N) is 4. The van der Waals surface area contributed by atoms with Crippen LogP contribution in [-0.2, 0) is 11.8 Å². The molecule has 1 aliphatic heterocycles. The number of hydrogen-bond acceptors (Lipinski definition) is 6. The molecule has 2 heterocycles. The first-order valence-corrected chi connectivity index (χ1v) is 17.2. The topological polar surface area (TPSA) is 90.0 Å². The fraction of sp³-hybridized carbons (Fsp3) is 0.195. The van der Waals surface area contributed by atoms with Gasteiger partial charge in [-0.1, -0.05) is 141 Å². The molecule has 0 spiro atoms. The highest BCUT2D eigenvalue weighted by atomic mass is 35.5. The van der Waals surface area contributed by atoms with Crippen molar-refractivity contribution in [1.82, 2.24) is 30.4 Å². The summed E-state index contributed by atoms with van der Waals surface area (Å²) in [6, 6.07) is 47.2. The number of nitrogens with one attached hydrogen (secondary N) is 2. The van der Waals surface area contributed by atoms with Crippen molar-refractivity contribution in [2.45, 2.75) is 44.2 Å². The van der Waals surface area contributed by atoms with Crippen LogP contribution in [0, 0.1) is 0 Å². The van der Waals surface area contributed by atoms with Crippen LogP contribution in [0.4, 0.5) is 0 Å². The average Bonchev–Trinajstić information content (AvgIpc) is 3.81. The highest BCUT2D eigenvalue weighted by Gasteiger charge is 2.40. The molecule has 1 aliphatic rings. The monoisotopic (exact) mass is 666 g/mol. The van der Waals surface area contributed by atoms with Crippen molar-refractivity contribution in [3.8, 4) is 22.5 Å². The van der Waals surface area contributed by atoms with Gasteiger partial charge in [-0.3, -0.25) is 4.42 Å². The second-order valence-corrected chi connectivity index (χ2v) is 12.7. The Labute approximate surface area is 292 Å². The third kappa shape index (κ3) is 6.12. The van der Waals surface area contributed by atoms with Crippen LogP contribution in [-0.4, -0.2) is 42.9 Å². The lowest BCUT2D eigenvalue weighted by Gasteiger charge is -2.38. The molecule has 7 rings (SSSR count). The van der Waals surface area contributed by atoms with Crippen molar-refractivity contribution in [3.63, 3.8) is 0 Å². The van der Waals surface area contributed by atoms with E-state index in [0.717, 1.165) is 75.2 Å². The minimum absolute atomic E-state index is 0.0522. The van der Waals surface area contributed by atoms with E-state index in [0.29, 0.717) is 12.2 Å². The van der Waals surface area contributed by atoms with Crippen LogP contribution < -0.4 is 5.32 Å². The van der Waals surface area contributed by atoms with Gasteiger partial charge in [0, 0.05) is 23.8 Å². The van der Waals surface area contributed by atoms with Gasteiger partial charge in [0.15, 0.2) is 0 Å². The number of halogens is 1. The van der Waals surface area contributed by atoms with Crippen LogP contribution in [0.5, 0.6) is 0 Å². The van der Waals surface area contributed by atoms with Crippen molar-refractivity contribution in [2.75, 3.05) is 6.61 Å². The Balaban J connectivity index is 1.42. The predicted molar refractivity (Wildman–Crippen MR) is 195 cm³/mol. The number of rotatable bonds is 12. The lowest BCUT2D eigenvalue weighted by molar-refractivity contribution is 0.313. The zero-order chi connectivity index (χ0) is 33.6. The van der Waals surface area contributed by atoms with Gasteiger partial charge in [0.05, 0.1) is 23.4 Å². The third-order valence-electron chi connectivity index (χ3n) is 9.49. The molecule has 1 atom stereocenters. The molecule has 1 aromatic heterocycles. The Morgan fingerprint density at radius 3 is 1.94 bits per heavy atom. The fourth-order valence-electron chi connectivity index (χ4n) is 7.23. The summed E-state index contributed by atoms with van der Waals surface area (Å²) in [7, 11) is 0. The molecular weight excluding hydrogens is 628 g/mol. The minimum Gasteiger partial charge on any atom is -0.390 e. The first kappa shape index (κ1) is 32.3. The third-order valence-corrected chi connectivity index (χ3v) is 9.93. The molecule has 7 nitrogen and oxygen atoms in total. The maximum Gasteiger partial charge on any atom is 0.205 e. The number of allylic oxidation sites excluding steroid dienone is 1. The molecule has 5 aromatic carbocycles. The Morgan fingerprint density at radius 2 is 1.37 bits per heavy atom. The number of aromatic amines is 1. The number of aliphatic hydroxyl groups excluding tert-OH is 1. The number of benzene rings is 5. The lowest BCUT2D eigenvalue weighted by Crippen LogP contribution is -2.32. The molecule has 3 N–H and O–H groups in total. The van der Waals surface area contributed by atoms with Crippen molar-refractivity contribution in [3.05, 3.63) is 173 Å². The van der Waals surface area contributed by atoms with Crippen LogP contribution >= 0.6 is 11.8 Å². The number of H-pyrrole nitrogens is 1. The number of unbranched alkanes of at least 4 members (excludes halogenated alkanes) is 1. The van der Waals surface area contributed by atoms with Crippen LogP contribution in [0.15, 0.2) is 145 Å². The summed E-state index contributed by atoms with van der Waals surface area (Å²) in [5.74, 6) is 0.501. The second-order valence-electron chi connectivity index (χ2n) is 12.4. The summed E-state index contributed by atoms with van der Waals surface area (Å²) >= 11 is 6.88. The Kier molecular flexibility index (Phi) is 9.55. The SMILES string of the molecule is CCCCC1NC(CO)=C(Cc2ccc(-c3ccccc3C(c3ccccc3)(c3ccccc3)c3ccccc3)c(-c3nn[nH]n3)c2)N1Cl. The van der Waals surface area contributed by atoms with E-state index in [1.807, 2.05) is 0 Å². The second kappa shape index (κ2) is 14.5. The van der Waals surface area contributed by atoms with Crippen LogP contribution in [0.25, 0.3) is 22.5 Å². The van der Waals surface area contributed by atoms with E-state index in [9.17, 15) is 5.11 Å². The van der Waals surface area contributed by atoms with Gasteiger partial charge < -0.3 is 10.4 Å². The van der Waals surface area contributed by atoms with Crippen LogP contribution in [0.3, 0.4) is 0 Å². The zero-order valence-electron chi connectivity index (χ0n) is 27.4. The zero-order valence-corrected chi connectivity index (χ0v) is 28.2. The molecular formula is C41H39ClN6O. The number of aliphatic hydroxyl groups is 1. The smallest absolute Gasteiger partial charge is 0.205 e. The molecule has 0 saturated carbocycles. The molecule has 6 aromatic rings.